The third kappa shape index (κ3) is 6.13. The van der Waals surface area contributed by atoms with Crippen LogP contribution in [0.15, 0.2) is 24.3 Å². The average Bonchev–Trinajstić information content (AvgIpc) is 2.59. The lowest BCUT2D eigenvalue weighted by molar-refractivity contribution is -0.124. The topological polar surface area (TPSA) is 77.1 Å². The number of ether oxygens (including phenoxy) is 3. The second-order valence-electron chi connectivity index (χ2n) is 7.27. The number of amides is 2. The molecule has 144 valence electrons. The number of likely N-dealkylation sites (tertiary alicyclic amines) is 1. The van der Waals surface area contributed by atoms with Crippen molar-refractivity contribution in [2.24, 2.45) is 0 Å². The van der Waals surface area contributed by atoms with E-state index in [1.54, 1.807) is 24.1 Å². The Morgan fingerprint density at radius 2 is 1.92 bits per heavy atom. The van der Waals surface area contributed by atoms with Crippen molar-refractivity contribution in [3.8, 4) is 11.5 Å². The fourth-order valence-corrected chi connectivity index (χ4v) is 2.74. The van der Waals surface area contributed by atoms with Gasteiger partial charge < -0.3 is 24.4 Å². The molecule has 7 heteroatoms. The Hall–Kier alpha value is -2.44. The van der Waals surface area contributed by atoms with Gasteiger partial charge in [-0.2, -0.15) is 0 Å². The summed E-state index contributed by atoms with van der Waals surface area (Å²) in [5.74, 6) is 0.866. The number of piperidine rings is 1. The number of carbonyl (C=O) groups excluding carboxylic acids is 2. The second kappa shape index (κ2) is 8.78. The first kappa shape index (κ1) is 19.9. The number of methoxy groups -OCH3 is 1. The summed E-state index contributed by atoms with van der Waals surface area (Å²) in [6.07, 6.45) is 1.29. The molecule has 1 N–H and O–H groups in total. The molecule has 2 rings (SSSR count). The van der Waals surface area contributed by atoms with Crippen molar-refractivity contribution in [2.45, 2.75) is 45.3 Å². The van der Waals surface area contributed by atoms with Crippen molar-refractivity contribution in [2.75, 3.05) is 26.8 Å². The van der Waals surface area contributed by atoms with E-state index in [2.05, 4.69) is 5.32 Å². The highest BCUT2D eigenvalue weighted by molar-refractivity contribution is 5.78. The lowest BCUT2D eigenvalue weighted by atomic mass is 10.1. The minimum atomic E-state index is -0.532. The molecule has 1 aliphatic heterocycles. The molecule has 0 spiro atoms. The van der Waals surface area contributed by atoms with Crippen LogP contribution in [0.25, 0.3) is 0 Å². The third-order valence-electron chi connectivity index (χ3n) is 3.87. The van der Waals surface area contributed by atoms with Gasteiger partial charge in [-0.05, 0) is 45.7 Å². The van der Waals surface area contributed by atoms with Gasteiger partial charge in [0, 0.05) is 19.1 Å². The number of para-hydroxylation sites is 2. The largest absolute Gasteiger partial charge is 0.493 e. The molecule has 7 nitrogen and oxygen atoms in total. The molecule has 1 aromatic rings. The minimum Gasteiger partial charge on any atom is -0.493 e. The van der Waals surface area contributed by atoms with Crippen LogP contribution < -0.4 is 14.8 Å². The second-order valence-corrected chi connectivity index (χ2v) is 7.27. The highest BCUT2D eigenvalue weighted by Crippen LogP contribution is 2.25. The van der Waals surface area contributed by atoms with Gasteiger partial charge in [0.05, 0.1) is 7.11 Å². The molecule has 1 saturated heterocycles. The summed E-state index contributed by atoms with van der Waals surface area (Å²) in [6.45, 7) is 6.48. The molecular formula is C19H28N2O5. The number of nitrogens with zero attached hydrogens (tertiary/aromatic N) is 1. The van der Waals surface area contributed by atoms with Gasteiger partial charge >= 0.3 is 6.09 Å². The third-order valence-corrected chi connectivity index (χ3v) is 3.87. The van der Waals surface area contributed by atoms with Crippen LogP contribution in [-0.2, 0) is 9.53 Å². The molecule has 0 radical (unpaired) electrons. The molecule has 1 aliphatic rings. The molecule has 1 aromatic carbocycles. The Bertz CT molecular complexity index is 627. The number of nitrogens with one attached hydrogen (secondary N) is 1. The van der Waals surface area contributed by atoms with E-state index in [9.17, 15) is 9.59 Å². The van der Waals surface area contributed by atoms with Gasteiger partial charge in [0.15, 0.2) is 18.1 Å². The fraction of sp³-hybridized carbons (Fsp3) is 0.579. The standard InChI is InChI=1S/C19H28N2O5/c1-19(2,3)26-18(23)21-11-7-8-14(12-21)20-17(22)13-25-16-10-6-5-9-15(16)24-4/h5-6,9-10,14H,7-8,11-13H2,1-4H3,(H,20,22). The quantitative estimate of drug-likeness (QED) is 0.869. The van der Waals surface area contributed by atoms with Crippen LogP contribution in [0.2, 0.25) is 0 Å². The van der Waals surface area contributed by atoms with Crippen LogP contribution in [0, 0.1) is 0 Å². The molecule has 2 amide bonds. The first-order chi connectivity index (χ1) is 12.3. The normalized spacial score (nSPS) is 17.4. The van der Waals surface area contributed by atoms with Crippen LogP contribution in [-0.4, -0.2) is 55.3 Å². The van der Waals surface area contributed by atoms with Crippen molar-refractivity contribution in [1.29, 1.82) is 0 Å². The van der Waals surface area contributed by atoms with Crippen molar-refractivity contribution >= 4 is 12.0 Å². The van der Waals surface area contributed by atoms with E-state index < -0.39 is 5.60 Å². The summed E-state index contributed by atoms with van der Waals surface area (Å²) >= 11 is 0. The van der Waals surface area contributed by atoms with E-state index in [4.69, 9.17) is 14.2 Å². The Morgan fingerprint density at radius 1 is 1.23 bits per heavy atom. The summed E-state index contributed by atoms with van der Waals surface area (Å²) in [5.41, 5.74) is -0.532. The first-order valence-electron chi connectivity index (χ1n) is 8.81. The highest BCUT2D eigenvalue weighted by atomic mass is 16.6. The molecule has 1 heterocycles. The monoisotopic (exact) mass is 364 g/mol. The lowest BCUT2D eigenvalue weighted by Crippen LogP contribution is -2.51. The molecular weight excluding hydrogens is 336 g/mol. The average molecular weight is 364 g/mol. The van der Waals surface area contributed by atoms with Gasteiger partial charge in [-0.1, -0.05) is 12.1 Å². The summed E-state index contributed by atoms with van der Waals surface area (Å²) in [4.78, 5) is 26.0. The maximum Gasteiger partial charge on any atom is 0.410 e. The van der Waals surface area contributed by atoms with E-state index in [1.165, 1.54) is 0 Å². The number of carbonyl (C=O) groups is 2. The Labute approximate surface area is 154 Å². The summed E-state index contributed by atoms with van der Waals surface area (Å²) in [5, 5.41) is 2.92. The summed E-state index contributed by atoms with van der Waals surface area (Å²) in [6, 6.07) is 7.06. The number of hydrogen-bond acceptors (Lipinski definition) is 5. The lowest BCUT2D eigenvalue weighted by Gasteiger charge is -2.34. The maximum absolute atomic E-state index is 12.2. The van der Waals surface area contributed by atoms with Crippen molar-refractivity contribution in [3.05, 3.63) is 24.3 Å². The maximum atomic E-state index is 12.2. The van der Waals surface area contributed by atoms with Crippen molar-refractivity contribution < 1.29 is 23.8 Å². The van der Waals surface area contributed by atoms with E-state index >= 15 is 0 Å². The molecule has 26 heavy (non-hydrogen) atoms. The number of hydrogen-bond donors (Lipinski definition) is 1. The van der Waals surface area contributed by atoms with Gasteiger partial charge in [0.2, 0.25) is 0 Å². The Kier molecular flexibility index (Phi) is 6.71. The first-order valence-corrected chi connectivity index (χ1v) is 8.81. The smallest absolute Gasteiger partial charge is 0.410 e. The molecule has 1 fully saturated rings. The fourth-order valence-electron chi connectivity index (χ4n) is 2.74. The molecule has 0 aliphatic carbocycles. The van der Waals surface area contributed by atoms with E-state index in [-0.39, 0.29) is 24.6 Å². The minimum absolute atomic E-state index is 0.106. The van der Waals surface area contributed by atoms with Crippen LogP contribution in [0.4, 0.5) is 4.79 Å². The van der Waals surface area contributed by atoms with Gasteiger partial charge in [-0.25, -0.2) is 4.79 Å². The van der Waals surface area contributed by atoms with E-state index in [0.29, 0.717) is 24.6 Å². The zero-order valence-electron chi connectivity index (χ0n) is 15.9. The van der Waals surface area contributed by atoms with Crippen LogP contribution >= 0.6 is 0 Å². The van der Waals surface area contributed by atoms with Crippen molar-refractivity contribution in [1.82, 2.24) is 10.2 Å². The summed E-state index contributed by atoms with van der Waals surface area (Å²) < 4.78 is 16.1. The zero-order valence-corrected chi connectivity index (χ0v) is 15.9. The van der Waals surface area contributed by atoms with Gasteiger partial charge in [-0.3, -0.25) is 4.79 Å². The van der Waals surface area contributed by atoms with Gasteiger partial charge in [0.25, 0.3) is 5.91 Å². The Balaban J connectivity index is 1.82. The van der Waals surface area contributed by atoms with E-state index in [1.807, 2.05) is 32.9 Å². The molecule has 1 atom stereocenters. The SMILES string of the molecule is COc1ccccc1OCC(=O)NC1CCCN(C(=O)OC(C)(C)C)C1. The number of rotatable bonds is 5. The van der Waals surface area contributed by atoms with Gasteiger partial charge in [-0.15, -0.1) is 0 Å². The van der Waals surface area contributed by atoms with Crippen LogP contribution in [0.3, 0.4) is 0 Å². The van der Waals surface area contributed by atoms with Gasteiger partial charge in [0.1, 0.15) is 5.60 Å². The van der Waals surface area contributed by atoms with E-state index in [0.717, 1.165) is 12.8 Å². The van der Waals surface area contributed by atoms with Crippen LogP contribution in [0.5, 0.6) is 11.5 Å². The molecule has 0 aromatic heterocycles. The summed E-state index contributed by atoms with van der Waals surface area (Å²) in [7, 11) is 1.55. The van der Waals surface area contributed by atoms with Crippen LogP contribution in [0.1, 0.15) is 33.6 Å². The predicted octanol–water partition coefficient (Wildman–Crippen LogP) is 2.59. The molecule has 0 bridgehead atoms. The molecule has 1 unspecified atom stereocenters. The van der Waals surface area contributed by atoms with Crippen molar-refractivity contribution in [3.63, 3.8) is 0 Å². The highest BCUT2D eigenvalue weighted by Gasteiger charge is 2.28. The predicted molar refractivity (Wildman–Crippen MR) is 97.5 cm³/mol. The number of benzene rings is 1. The molecule has 0 saturated carbocycles. The zero-order chi connectivity index (χ0) is 19.2. The Morgan fingerprint density at radius 3 is 2.58 bits per heavy atom.